The Bertz CT molecular complexity index is 1190. The van der Waals surface area contributed by atoms with Gasteiger partial charge in [0.1, 0.15) is 5.82 Å². The van der Waals surface area contributed by atoms with E-state index < -0.39 is 0 Å². The van der Waals surface area contributed by atoms with Crippen molar-refractivity contribution in [3.8, 4) is 11.3 Å². The molecule has 3 aromatic heterocycles. The molecule has 0 atom stereocenters. The molecule has 0 spiro atoms. The van der Waals surface area contributed by atoms with Crippen LogP contribution in [0.1, 0.15) is 0 Å². The molecule has 0 bridgehead atoms. The molecule has 0 aliphatic carbocycles. The van der Waals surface area contributed by atoms with Gasteiger partial charge in [0, 0.05) is 28.0 Å². The molecule has 0 saturated carbocycles. The number of H-pyrrole nitrogens is 1. The van der Waals surface area contributed by atoms with Crippen LogP contribution in [0.15, 0.2) is 54.2 Å². The molecule has 1 N–H and O–H groups in total. The van der Waals surface area contributed by atoms with Gasteiger partial charge >= 0.3 is 0 Å². The Morgan fingerprint density at radius 2 is 1.91 bits per heavy atom. The zero-order valence-corrected chi connectivity index (χ0v) is 12.7. The van der Waals surface area contributed by atoms with Crippen LogP contribution < -0.4 is 0 Å². The Hall–Kier alpha value is -2.79. The van der Waals surface area contributed by atoms with E-state index in [-0.39, 0.29) is 5.82 Å². The smallest absolute Gasteiger partial charge is 0.123 e. The Balaban J connectivity index is 1.85. The van der Waals surface area contributed by atoms with Gasteiger partial charge in [0.05, 0.1) is 26.9 Å². The molecule has 0 radical (unpaired) electrons. The van der Waals surface area contributed by atoms with Gasteiger partial charge in [0.25, 0.3) is 0 Å². The number of halogens is 1. The maximum absolute atomic E-state index is 13.6. The molecule has 3 nitrogen and oxygen atoms in total. The van der Waals surface area contributed by atoms with E-state index in [1.165, 1.54) is 6.07 Å². The first-order valence-corrected chi connectivity index (χ1v) is 8.07. The third-order valence-electron chi connectivity index (χ3n) is 4.09. The van der Waals surface area contributed by atoms with Crippen molar-refractivity contribution in [2.24, 2.45) is 0 Å². The average Bonchev–Trinajstić information content (AvgIpc) is 3.17. The molecule has 0 saturated heterocycles. The SMILES string of the molecule is Fc1ccc2[nH]c3c(-c4ccc5ncsc5c4)nccc3c2c1. The van der Waals surface area contributed by atoms with Gasteiger partial charge < -0.3 is 4.98 Å². The molecule has 110 valence electrons. The fourth-order valence-electron chi connectivity index (χ4n) is 3.02. The molecule has 5 aromatic rings. The van der Waals surface area contributed by atoms with E-state index in [0.29, 0.717) is 0 Å². The van der Waals surface area contributed by atoms with Crippen molar-refractivity contribution in [3.05, 3.63) is 60.0 Å². The molecule has 5 rings (SSSR count). The van der Waals surface area contributed by atoms with Crippen LogP contribution in [0, 0.1) is 5.82 Å². The number of hydrogen-bond donors (Lipinski definition) is 1. The number of aromatic nitrogens is 3. The van der Waals surface area contributed by atoms with Gasteiger partial charge in [0.2, 0.25) is 0 Å². The lowest BCUT2D eigenvalue weighted by Gasteiger charge is -2.02. The summed E-state index contributed by atoms with van der Waals surface area (Å²) < 4.78 is 14.7. The van der Waals surface area contributed by atoms with E-state index in [2.05, 4.69) is 21.0 Å². The van der Waals surface area contributed by atoms with Crippen molar-refractivity contribution in [2.75, 3.05) is 0 Å². The Labute approximate surface area is 134 Å². The summed E-state index contributed by atoms with van der Waals surface area (Å²) >= 11 is 1.61. The second-order valence-electron chi connectivity index (χ2n) is 5.43. The summed E-state index contributed by atoms with van der Waals surface area (Å²) in [5.41, 5.74) is 6.57. The molecule has 23 heavy (non-hydrogen) atoms. The monoisotopic (exact) mass is 319 g/mol. The van der Waals surface area contributed by atoms with Crippen LogP contribution in [0.4, 0.5) is 4.39 Å². The van der Waals surface area contributed by atoms with Gasteiger partial charge in [-0.25, -0.2) is 9.37 Å². The predicted molar refractivity (Wildman–Crippen MR) is 92.2 cm³/mol. The molecular weight excluding hydrogens is 309 g/mol. The third-order valence-corrected chi connectivity index (χ3v) is 4.88. The molecule has 0 aliphatic heterocycles. The second kappa shape index (κ2) is 4.60. The maximum Gasteiger partial charge on any atom is 0.123 e. The van der Waals surface area contributed by atoms with Crippen molar-refractivity contribution in [1.29, 1.82) is 0 Å². The minimum absolute atomic E-state index is 0.233. The van der Waals surface area contributed by atoms with Gasteiger partial charge in [-0.3, -0.25) is 4.98 Å². The maximum atomic E-state index is 13.6. The highest BCUT2D eigenvalue weighted by Gasteiger charge is 2.12. The molecule has 3 heterocycles. The molecule has 0 amide bonds. The summed E-state index contributed by atoms with van der Waals surface area (Å²) in [6.07, 6.45) is 1.77. The van der Waals surface area contributed by atoms with Crippen LogP contribution in [0.3, 0.4) is 0 Å². The van der Waals surface area contributed by atoms with Gasteiger partial charge in [-0.1, -0.05) is 6.07 Å². The summed E-state index contributed by atoms with van der Waals surface area (Å²) in [5, 5.41) is 1.86. The normalized spacial score (nSPS) is 11.7. The van der Waals surface area contributed by atoms with Crippen LogP contribution >= 0.6 is 11.3 Å². The number of pyridine rings is 1. The summed E-state index contributed by atoms with van der Waals surface area (Å²) in [4.78, 5) is 12.2. The first kappa shape index (κ1) is 12.7. The van der Waals surface area contributed by atoms with E-state index in [4.69, 9.17) is 0 Å². The highest BCUT2D eigenvalue weighted by molar-refractivity contribution is 7.16. The van der Waals surface area contributed by atoms with E-state index in [0.717, 1.165) is 43.3 Å². The van der Waals surface area contributed by atoms with Gasteiger partial charge in [-0.2, -0.15) is 0 Å². The number of nitrogens with zero attached hydrogens (tertiary/aromatic N) is 2. The zero-order valence-electron chi connectivity index (χ0n) is 11.9. The van der Waals surface area contributed by atoms with Gasteiger partial charge in [0.15, 0.2) is 0 Å². The first-order valence-electron chi connectivity index (χ1n) is 7.19. The van der Waals surface area contributed by atoms with Crippen molar-refractivity contribution in [1.82, 2.24) is 15.0 Å². The van der Waals surface area contributed by atoms with Gasteiger partial charge in [-0.15, -0.1) is 11.3 Å². The number of nitrogens with one attached hydrogen (secondary N) is 1. The van der Waals surface area contributed by atoms with Crippen molar-refractivity contribution < 1.29 is 4.39 Å². The average molecular weight is 319 g/mol. The molecule has 2 aromatic carbocycles. The number of thiazole rings is 1. The van der Waals surface area contributed by atoms with E-state index >= 15 is 0 Å². The van der Waals surface area contributed by atoms with Crippen LogP contribution in [0.5, 0.6) is 0 Å². The summed E-state index contributed by atoms with van der Waals surface area (Å²) in [5.74, 6) is -0.233. The zero-order chi connectivity index (χ0) is 15.4. The highest BCUT2D eigenvalue weighted by atomic mass is 32.1. The topological polar surface area (TPSA) is 41.6 Å². The predicted octanol–water partition coefficient (Wildman–Crippen LogP) is 5.13. The van der Waals surface area contributed by atoms with Gasteiger partial charge in [-0.05, 0) is 36.4 Å². The van der Waals surface area contributed by atoms with E-state index in [9.17, 15) is 4.39 Å². The van der Waals surface area contributed by atoms with Crippen LogP contribution in [0.2, 0.25) is 0 Å². The number of rotatable bonds is 1. The highest BCUT2D eigenvalue weighted by Crippen LogP contribution is 2.33. The van der Waals surface area contributed by atoms with Crippen LogP contribution in [0.25, 0.3) is 43.3 Å². The second-order valence-corrected chi connectivity index (χ2v) is 6.32. The molecular formula is C18H10FN3S. The molecule has 0 unspecified atom stereocenters. The summed E-state index contributed by atoms with van der Waals surface area (Å²) in [6, 6.07) is 12.8. The molecule has 5 heteroatoms. The van der Waals surface area contributed by atoms with E-state index in [1.54, 1.807) is 29.7 Å². The lowest BCUT2D eigenvalue weighted by atomic mass is 10.1. The first-order chi connectivity index (χ1) is 11.3. The fourth-order valence-corrected chi connectivity index (χ4v) is 3.73. The van der Waals surface area contributed by atoms with Crippen LogP contribution in [-0.4, -0.2) is 15.0 Å². The Kier molecular flexibility index (Phi) is 2.55. The number of fused-ring (bicyclic) bond motifs is 4. The summed E-state index contributed by atoms with van der Waals surface area (Å²) in [6.45, 7) is 0. The standard InChI is InChI=1S/C18H10FN3S/c19-11-2-4-14-13(8-11)12-5-6-20-17(18(12)22-14)10-1-3-15-16(7-10)23-9-21-15/h1-9,22H. The minimum Gasteiger partial charge on any atom is -0.353 e. The molecule has 0 fully saturated rings. The van der Waals surface area contributed by atoms with Crippen molar-refractivity contribution >= 4 is 43.4 Å². The van der Waals surface area contributed by atoms with Crippen LogP contribution in [-0.2, 0) is 0 Å². The number of benzene rings is 2. The van der Waals surface area contributed by atoms with Crippen molar-refractivity contribution in [2.45, 2.75) is 0 Å². The minimum atomic E-state index is -0.233. The largest absolute Gasteiger partial charge is 0.353 e. The fraction of sp³-hybridized carbons (Fsp3) is 0. The number of hydrogen-bond acceptors (Lipinski definition) is 3. The van der Waals surface area contributed by atoms with Crippen molar-refractivity contribution in [3.63, 3.8) is 0 Å². The lowest BCUT2D eigenvalue weighted by Crippen LogP contribution is -1.85. The Morgan fingerprint density at radius 3 is 2.87 bits per heavy atom. The number of aromatic amines is 1. The summed E-state index contributed by atoms with van der Waals surface area (Å²) in [7, 11) is 0. The Morgan fingerprint density at radius 1 is 0.957 bits per heavy atom. The third kappa shape index (κ3) is 1.87. The molecule has 0 aliphatic rings. The quantitative estimate of drug-likeness (QED) is 0.465. The van der Waals surface area contributed by atoms with E-state index in [1.807, 2.05) is 23.7 Å². The lowest BCUT2D eigenvalue weighted by molar-refractivity contribution is 0.630.